The molecule has 1 amide bonds. The van der Waals surface area contributed by atoms with Crippen LogP contribution in [0.3, 0.4) is 0 Å². The van der Waals surface area contributed by atoms with E-state index in [2.05, 4.69) is 5.32 Å². The standard InChI is InChI=1S/C17H16FNO3/c1-11(2)22-17(21)13-4-3-5-15(10-13)19-16(20)12-6-8-14(18)9-7-12/h3-11H,1-2H3,(H,19,20). The van der Waals surface area contributed by atoms with Crippen molar-refractivity contribution in [2.45, 2.75) is 20.0 Å². The van der Waals surface area contributed by atoms with Crippen LogP contribution < -0.4 is 5.32 Å². The number of hydrogen-bond acceptors (Lipinski definition) is 3. The maximum absolute atomic E-state index is 12.8. The largest absolute Gasteiger partial charge is 0.459 e. The summed E-state index contributed by atoms with van der Waals surface area (Å²) in [5.74, 6) is -1.24. The van der Waals surface area contributed by atoms with Gasteiger partial charge in [-0.15, -0.1) is 0 Å². The van der Waals surface area contributed by atoms with Crippen molar-refractivity contribution in [2.24, 2.45) is 0 Å². The van der Waals surface area contributed by atoms with Crippen molar-refractivity contribution in [1.82, 2.24) is 0 Å². The average molecular weight is 301 g/mol. The number of rotatable bonds is 4. The number of anilines is 1. The van der Waals surface area contributed by atoms with Gasteiger partial charge in [0.25, 0.3) is 5.91 Å². The second-order valence-corrected chi connectivity index (χ2v) is 5.00. The lowest BCUT2D eigenvalue weighted by atomic mass is 10.1. The molecule has 0 saturated heterocycles. The van der Waals surface area contributed by atoms with Gasteiger partial charge in [0, 0.05) is 11.3 Å². The van der Waals surface area contributed by atoms with Crippen LogP contribution in [0, 0.1) is 5.82 Å². The van der Waals surface area contributed by atoms with Gasteiger partial charge in [-0.3, -0.25) is 4.79 Å². The minimum absolute atomic E-state index is 0.218. The summed E-state index contributed by atoms with van der Waals surface area (Å²) in [6.45, 7) is 3.52. The third kappa shape index (κ3) is 4.15. The zero-order valence-electron chi connectivity index (χ0n) is 12.3. The van der Waals surface area contributed by atoms with Crippen LogP contribution in [0.4, 0.5) is 10.1 Å². The predicted octanol–water partition coefficient (Wildman–Crippen LogP) is 3.64. The third-order valence-electron chi connectivity index (χ3n) is 2.81. The quantitative estimate of drug-likeness (QED) is 0.877. The van der Waals surface area contributed by atoms with E-state index in [1.165, 1.54) is 30.3 Å². The molecule has 0 bridgehead atoms. The Kier molecular flexibility index (Phi) is 4.88. The summed E-state index contributed by atoms with van der Waals surface area (Å²) in [6, 6.07) is 11.7. The van der Waals surface area contributed by atoms with E-state index < -0.39 is 11.8 Å². The highest BCUT2D eigenvalue weighted by atomic mass is 19.1. The Hall–Kier alpha value is -2.69. The van der Waals surface area contributed by atoms with Crippen molar-refractivity contribution < 1.29 is 18.7 Å². The van der Waals surface area contributed by atoms with Gasteiger partial charge in [0.1, 0.15) is 5.82 Å². The first-order valence-electron chi connectivity index (χ1n) is 6.83. The third-order valence-corrected chi connectivity index (χ3v) is 2.81. The van der Waals surface area contributed by atoms with E-state index in [0.717, 1.165) is 0 Å². The van der Waals surface area contributed by atoms with Gasteiger partial charge in [-0.1, -0.05) is 6.07 Å². The highest BCUT2D eigenvalue weighted by molar-refractivity contribution is 6.04. The number of ether oxygens (including phenoxy) is 1. The van der Waals surface area contributed by atoms with Crippen LogP contribution in [0.15, 0.2) is 48.5 Å². The number of hydrogen-bond donors (Lipinski definition) is 1. The fourth-order valence-electron chi connectivity index (χ4n) is 1.81. The molecule has 5 heteroatoms. The van der Waals surface area contributed by atoms with E-state index in [1.807, 2.05) is 0 Å². The van der Waals surface area contributed by atoms with Gasteiger partial charge >= 0.3 is 5.97 Å². The molecule has 0 radical (unpaired) electrons. The monoisotopic (exact) mass is 301 g/mol. The molecular weight excluding hydrogens is 285 g/mol. The van der Waals surface area contributed by atoms with Crippen LogP contribution in [0.25, 0.3) is 0 Å². The molecular formula is C17H16FNO3. The second kappa shape index (κ2) is 6.85. The SMILES string of the molecule is CC(C)OC(=O)c1cccc(NC(=O)c2ccc(F)cc2)c1. The minimum atomic E-state index is -0.451. The second-order valence-electron chi connectivity index (χ2n) is 5.00. The number of amides is 1. The van der Waals surface area contributed by atoms with Crippen LogP contribution in [0.2, 0.25) is 0 Å². The lowest BCUT2D eigenvalue weighted by Gasteiger charge is -2.10. The minimum Gasteiger partial charge on any atom is -0.459 e. The molecule has 0 unspecified atom stereocenters. The molecule has 2 aromatic rings. The van der Waals surface area contributed by atoms with Gasteiger partial charge in [0.05, 0.1) is 11.7 Å². The molecule has 0 saturated carbocycles. The first kappa shape index (κ1) is 15.7. The van der Waals surface area contributed by atoms with Crippen molar-refractivity contribution in [1.29, 1.82) is 0 Å². The van der Waals surface area contributed by atoms with Crippen molar-refractivity contribution >= 4 is 17.6 Å². The van der Waals surface area contributed by atoms with E-state index >= 15 is 0 Å². The molecule has 0 atom stereocenters. The average Bonchev–Trinajstić information content (AvgIpc) is 2.47. The van der Waals surface area contributed by atoms with Crippen LogP contribution in [-0.4, -0.2) is 18.0 Å². The van der Waals surface area contributed by atoms with Crippen LogP contribution in [0.1, 0.15) is 34.6 Å². The van der Waals surface area contributed by atoms with E-state index in [9.17, 15) is 14.0 Å². The number of benzene rings is 2. The Bertz CT molecular complexity index is 681. The number of nitrogens with one attached hydrogen (secondary N) is 1. The number of carbonyl (C=O) groups is 2. The molecule has 0 aliphatic carbocycles. The van der Waals surface area contributed by atoms with Crippen molar-refractivity contribution in [3.8, 4) is 0 Å². The lowest BCUT2D eigenvalue weighted by Crippen LogP contribution is -2.14. The smallest absolute Gasteiger partial charge is 0.338 e. The summed E-state index contributed by atoms with van der Waals surface area (Å²) < 4.78 is 17.9. The molecule has 0 aliphatic rings. The molecule has 22 heavy (non-hydrogen) atoms. The Morgan fingerprint density at radius 1 is 1.05 bits per heavy atom. The molecule has 0 spiro atoms. The highest BCUT2D eigenvalue weighted by Crippen LogP contribution is 2.14. The summed E-state index contributed by atoms with van der Waals surface area (Å²) in [4.78, 5) is 23.9. The van der Waals surface area contributed by atoms with E-state index in [0.29, 0.717) is 16.8 Å². The van der Waals surface area contributed by atoms with Crippen LogP contribution in [-0.2, 0) is 4.74 Å². The topological polar surface area (TPSA) is 55.4 Å². The van der Waals surface area contributed by atoms with Gasteiger partial charge in [-0.05, 0) is 56.3 Å². The van der Waals surface area contributed by atoms with E-state index in [1.54, 1.807) is 32.0 Å². The van der Waals surface area contributed by atoms with Crippen LogP contribution >= 0.6 is 0 Å². The van der Waals surface area contributed by atoms with E-state index in [4.69, 9.17) is 4.74 Å². The first-order chi connectivity index (χ1) is 10.5. The maximum Gasteiger partial charge on any atom is 0.338 e. The van der Waals surface area contributed by atoms with Crippen molar-refractivity contribution in [3.05, 3.63) is 65.5 Å². The fraction of sp³-hybridized carbons (Fsp3) is 0.176. The van der Waals surface area contributed by atoms with E-state index in [-0.39, 0.29) is 12.0 Å². The van der Waals surface area contributed by atoms with Gasteiger partial charge in [0.15, 0.2) is 0 Å². The lowest BCUT2D eigenvalue weighted by molar-refractivity contribution is 0.0378. The van der Waals surface area contributed by atoms with Crippen LogP contribution in [0.5, 0.6) is 0 Å². The van der Waals surface area contributed by atoms with Gasteiger partial charge in [-0.2, -0.15) is 0 Å². The van der Waals surface area contributed by atoms with Crippen molar-refractivity contribution in [3.63, 3.8) is 0 Å². The Morgan fingerprint density at radius 2 is 1.73 bits per heavy atom. The number of carbonyl (C=O) groups excluding carboxylic acids is 2. The molecule has 1 N–H and O–H groups in total. The summed E-state index contributed by atoms with van der Waals surface area (Å²) in [5, 5.41) is 2.66. The fourth-order valence-corrected chi connectivity index (χ4v) is 1.81. The molecule has 2 rings (SSSR count). The normalized spacial score (nSPS) is 10.4. The highest BCUT2D eigenvalue weighted by Gasteiger charge is 2.11. The summed E-state index contributed by atoms with van der Waals surface area (Å²) in [6.07, 6.45) is -0.218. The Balaban J connectivity index is 2.11. The molecule has 0 heterocycles. The molecule has 0 fully saturated rings. The zero-order chi connectivity index (χ0) is 16.1. The maximum atomic E-state index is 12.8. The molecule has 114 valence electrons. The van der Waals surface area contributed by atoms with Gasteiger partial charge in [-0.25, -0.2) is 9.18 Å². The Labute approximate surface area is 127 Å². The number of esters is 1. The molecule has 0 aromatic heterocycles. The molecule has 2 aromatic carbocycles. The van der Waals surface area contributed by atoms with Gasteiger partial charge in [0.2, 0.25) is 0 Å². The predicted molar refractivity (Wildman–Crippen MR) is 81.3 cm³/mol. The summed E-state index contributed by atoms with van der Waals surface area (Å²) in [7, 11) is 0. The summed E-state index contributed by atoms with van der Waals surface area (Å²) >= 11 is 0. The number of halogens is 1. The summed E-state index contributed by atoms with van der Waals surface area (Å²) in [5.41, 5.74) is 1.15. The van der Waals surface area contributed by atoms with Crippen molar-refractivity contribution in [2.75, 3.05) is 5.32 Å². The Morgan fingerprint density at radius 3 is 2.36 bits per heavy atom. The first-order valence-corrected chi connectivity index (χ1v) is 6.83. The molecule has 4 nitrogen and oxygen atoms in total. The van der Waals surface area contributed by atoms with Gasteiger partial charge < -0.3 is 10.1 Å². The molecule has 0 aliphatic heterocycles. The zero-order valence-corrected chi connectivity index (χ0v) is 12.3.